The summed E-state index contributed by atoms with van der Waals surface area (Å²) in [4.78, 5) is 74.7. The van der Waals surface area contributed by atoms with Crippen molar-refractivity contribution >= 4 is 35.0 Å². The fourth-order valence-electron chi connectivity index (χ4n) is 10.7. The minimum Gasteiger partial charge on any atom is -0.453 e. The SMILES string of the molecule is COC(=O)N[C@H](C(=O)N1CCC[C@@H]1c1ncc(-c2ccc(-c3ccc(-c4ccc5nc([C@@H]6CCCN6C(=O)[C@H](NC(=O)OC)C(C)C)[nH]c5c4)c4c3C3CCC4N3C)cc2)[nH]1)C(C)C. The highest BCUT2D eigenvalue weighted by Gasteiger charge is 2.45. The van der Waals surface area contributed by atoms with Crippen molar-refractivity contribution in [3.8, 4) is 33.5 Å². The number of H-pyrrole nitrogens is 2. The predicted molar refractivity (Wildman–Crippen MR) is 243 cm³/mol. The van der Waals surface area contributed by atoms with Gasteiger partial charge >= 0.3 is 12.2 Å². The summed E-state index contributed by atoms with van der Waals surface area (Å²) < 4.78 is 9.61. The maximum absolute atomic E-state index is 13.8. The molecule has 4 amide bonds. The molecule has 4 aliphatic rings. The van der Waals surface area contributed by atoms with Crippen LogP contribution in [-0.4, -0.2) is 105 Å². The Morgan fingerprint density at radius 1 is 0.656 bits per heavy atom. The fraction of sp³-hybridized carbons (Fsp3) is 0.469. The maximum atomic E-state index is 13.8. The van der Waals surface area contributed by atoms with Crippen molar-refractivity contribution in [1.29, 1.82) is 0 Å². The first kappa shape index (κ1) is 43.1. The van der Waals surface area contributed by atoms with Crippen LogP contribution in [0.1, 0.15) is 113 Å². The Morgan fingerprint density at radius 3 is 1.72 bits per heavy atom. The number of rotatable bonds is 11. The van der Waals surface area contributed by atoms with Gasteiger partial charge in [0, 0.05) is 25.2 Å². The summed E-state index contributed by atoms with van der Waals surface area (Å²) in [5.74, 6) is 1.02. The molecule has 64 heavy (non-hydrogen) atoms. The van der Waals surface area contributed by atoms with E-state index >= 15 is 0 Å². The summed E-state index contributed by atoms with van der Waals surface area (Å²) in [6, 6.07) is 18.5. The Kier molecular flexibility index (Phi) is 11.7. The van der Waals surface area contributed by atoms with Crippen molar-refractivity contribution < 1.29 is 28.7 Å². The molecule has 0 spiro atoms. The van der Waals surface area contributed by atoms with Crippen LogP contribution < -0.4 is 10.6 Å². The standard InChI is InChI=1S/C49H59N9O6/c1-26(2)42(54-48(61)63-6)46(59)57-22-8-10-38(57)44-50-25-35(53-44)29-14-12-28(13-15-29)31-17-18-32(41-37-21-20-36(40(31)41)56(37)5)30-16-19-33-34(24-30)52-45(51-33)39-11-9-23-58(39)47(60)43(27(3)4)55-49(62)64-7/h12-19,24-27,36-39,42-43H,8-11,20-23H2,1-7H3,(H,50,53)(H,51,52)(H,54,61)(H,55,62)/t36?,37?,38-,39+,42+,43-/m1/s1. The number of aromatic amines is 2. The van der Waals surface area contributed by atoms with E-state index in [1.807, 2.05) is 43.7 Å². The lowest BCUT2D eigenvalue weighted by Crippen LogP contribution is -2.51. The fourth-order valence-corrected chi connectivity index (χ4v) is 10.7. The van der Waals surface area contributed by atoms with Crippen molar-refractivity contribution in [2.24, 2.45) is 11.8 Å². The normalized spacial score (nSPS) is 21.5. The third-order valence-corrected chi connectivity index (χ3v) is 14.0. The molecule has 3 fully saturated rings. The maximum Gasteiger partial charge on any atom is 0.407 e. The van der Waals surface area contributed by atoms with Crippen LogP contribution in [0.15, 0.2) is 60.8 Å². The summed E-state index contributed by atoms with van der Waals surface area (Å²) in [5.41, 5.74) is 11.2. The van der Waals surface area contributed by atoms with Gasteiger partial charge in [0.25, 0.3) is 0 Å². The van der Waals surface area contributed by atoms with E-state index in [0.717, 1.165) is 83.6 Å². The quantitative estimate of drug-likeness (QED) is 0.102. The molecule has 9 rings (SSSR count). The number of methoxy groups -OCH3 is 2. The van der Waals surface area contributed by atoms with Crippen LogP contribution in [0.2, 0.25) is 0 Å². The number of amides is 4. The first-order valence-electron chi connectivity index (χ1n) is 22.7. The predicted octanol–water partition coefficient (Wildman–Crippen LogP) is 8.20. The molecule has 336 valence electrons. The molecule has 0 saturated carbocycles. The van der Waals surface area contributed by atoms with Crippen molar-refractivity contribution in [3.05, 3.63) is 83.6 Å². The minimum absolute atomic E-state index is 0.106. The highest BCUT2D eigenvalue weighted by Crippen LogP contribution is 2.57. The van der Waals surface area contributed by atoms with E-state index in [4.69, 9.17) is 19.4 Å². The molecular formula is C49H59N9O6. The number of ether oxygens (including phenoxy) is 2. The third-order valence-electron chi connectivity index (χ3n) is 14.0. The molecular weight excluding hydrogens is 811 g/mol. The summed E-state index contributed by atoms with van der Waals surface area (Å²) in [6.45, 7) is 8.86. The van der Waals surface area contributed by atoms with Gasteiger partial charge in [0.05, 0.1) is 49.2 Å². The van der Waals surface area contributed by atoms with Crippen LogP contribution in [0.25, 0.3) is 44.5 Å². The van der Waals surface area contributed by atoms with Gasteiger partial charge in [0.15, 0.2) is 0 Å². The molecule has 15 heteroatoms. The summed E-state index contributed by atoms with van der Waals surface area (Å²) in [7, 11) is 4.85. The number of imidazole rings is 2. The highest BCUT2D eigenvalue weighted by molar-refractivity contribution is 5.89. The average Bonchev–Trinajstić information content (AvgIpc) is 4.17. The molecule has 0 radical (unpaired) electrons. The van der Waals surface area contributed by atoms with Crippen LogP contribution in [0.3, 0.4) is 0 Å². The van der Waals surface area contributed by atoms with E-state index in [1.165, 1.54) is 36.5 Å². The van der Waals surface area contributed by atoms with E-state index in [0.29, 0.717) is 25.2 Å². The van der Waals surface area contributed by atoms with Crippen LogP contribution in [0.4, 0.5) is 9.59 Å². The van der Waals surface area contributed by atoms with Gasteiger partial charge in [0.1, 0.15) is 23.7 Å². The van der Waals surface area contributed by atoms with Crippen molar-refractivity contribution in [1.82, 2.24) is 45.3 Å². The molecule has 0 aliphatic carbocycles. The number of carbonyl (C=O) groups excluding carboxylic acids is 4. The van der Waals surface area contributed by atoms with Gasteiger partial charge in [0.2, 0.25) is 11.8 Å². The Morgan fingerprint density at radius 2 is 1.17 bits per heavy atom. The summed E-state index contributed by atoms with van der Waals surface area (Å²) >= 11 is 0. The second kappa shape index (κ2) is 17.4. The molecule has 6 atom stereocenters. The highest BCUT2D eigenvalue weighted by atomic mass is 16.5. The van der Waals surface area contributed by atoms with E-state index < -0.39 is 24.3 Å². The number of alkyl carbamates (subject to hydrolysis) is 2. The number of benzene rings is 3. The zero-order valence-corrected chi connectivity index (χ0v) is 37.7. The van der Waals surface area contributed by atoms with Crippen molar-refractivity contribution in [2.75, 3.05) is 34.4 Å². The molecule has 4 N–H and O–H groups in total. The first-order chi connectivity index (χ1) is 30.9. The second-order valence-electron chi connectivity index (χ2n) is 18.5. The molecule has 15 nitrogen and oxygen atoms in total. The largest absolute Gasteiger partial charge is 0.453 e. The number of carbonyl (C=O) groups is 4. The zero-order valence-electron chi connectivity index (χ0n) is 37.7. The molecule has 3 saturated heterocycles. The topological polar surface area (TPSA) is 178 Å². The number of fused-ring (bicyclic) bond motifs is 6. The van der Waals surface area contributed by atoms with E-state index in [-0.39, 0.29) is 35.7 Å². The lowest BCUT2D eigenvalue weighted by atomic mass is 9.81. The molecule has 4 aliphatic heterocycles. The molecule has 5 aromatic rings. The number of nitrogens with zero attached hydrogens (tertiary/aromatic N) is 5. The van der Waals surface area contributed by atoms with E-state index in [9.17, 15) is 19.2 Å². The van der Waals surface area contributed by atoms with E-state index in [2.05, 4.69) is 87.1 Å². The van der Waals surface area contributed by atoms with Gasteiger partial charge in [-0.15, -0.1) is 0 Å². The molecule has 2 bridgehead atoms. The van der Waals surface area contributed by atoms with Gasteiger partial charge in [-0.3, -0.25) is 14.5 Å². The molecule has 6 heterocycles. The van der Waals surface area contributed by atoms with Crippen molar-refractivity contribution in [2.45, 2.75) is 102 Å². The number of hydrogen-bond donors (Lipinski definition) is 4. The van der Waals surface area contributed by atoms with Gasteiger partial charge in [-0.2, -0.15) is 0 Å². The van der Waals surface area contributed by atoms with Gasteiger partial charge in [-0.05, 0) is 108 Å². The Hall–Kier alpha value is -6.22. The average molecular weight is 870 g/mol. The first-order valence-corrected chi connectivity index (χ1v) is 22.7. The third kappa shape index (κ3) is 7.66. The van der Waals surface area contributed by atoms with Crippen LogP contribution >= 0.6 is 0 Å². The minimum atomic E-state index is -0.693. The second-order valence-corrected chi connectivity index (χ2v) is 18.5. The number of likely N-dealkylation sites (tertiary alicyclic amines) is 2. The summed E-state index contributed by atoms with van der Waals surface area (Å²) in [6.07, 6.45) is 6.11. The van der Waals surface area contributed by atoms with Crippen LogP contribution in [0.5, 0.6) is 0 Å². The van der Waals surface area contributed by atoms with Crippen LogP contribution in [-0.2, 0) is 19.1 Å². The smallest absolute Gasteiger partial charge is 0.407 e. The Bertz CT molecular complexity index is 2580. The molecule has 2 aromatic heterocycles. The van der Waals surface area contributed by atoms with Gasteiger partial charge < -0.3 is 39.9 Å². The number of hydrogen-bond acceptors (Lipinski definition) is 9. The monoisotopic (exact) mass is 869 g/mol. The molecule has 2 unspecified atom stereocenters. The number of nitrogens with one attached hydrogen (secondary N) is 4. The zero-order chi connectivity index (χ0) is 45.0. The van der Waals surface area contributed by atoms with E-state index in [1.54, 1.807) is 0 Å². The number of aromatic nitrogens is 4. The van der Waals surface area contributed by atoms with Gasteiger partial charge in [-0.25, -0.2) is 19.6 Å². The van der Waals surface area contributed by atoms with Crippen LogP contribution in [0, 0.1) is 11.8 Å². The lowest BCUT2D eigenvalue weighted by molar-refractivity contribution is -0.136. The van der Waals surface area contributed by atoms with Gasteiger partial charge in [-0.1, -0.05) is 70.2 Å². The van der Waals surface area contributed by atoms with Crippen molar-refractivity contribution in [3.63, 3.8) is 0 Å². The Labute approximate surface area is 373 Å². The summed E-state index contributed by atoms with van der Waals surface area (Å²) in [5, 5.41) is 5.46. The lowest BCUT2D eigenvalue weighted by Gasteiger charge is -2.30. The molecule has 3 aromatic carbocycles. The Balaban J connectivity index is 0.962.